The zero-order valence-electron chi connectivity index (χ0n) is 12.8. The van der Waals surface area contributed by atoms with Crippen molar-refractivity contribution in [3.63, 3.8) is 0 Å². The minimum atomic E-state index is -0.179. The Bertz CT molecular complexity index is 436. The summed E-state index contributed by atoms with van der Waals surface area (Å²) in [6, 6.07) is 10.2. The van der Waals surface area contributed by atoms with Crippen molar-refractivity contribution in [2.24, 2.45) is 5.92 Å². The zero-order valence-corrected chi connectivity index (χ0v) is 12.8. The van der Waals surface area contributed by atoms with Gasteiger partial charge in [-0.25, -0.2) is 0 Å². The van der Waals surface area contributed by atoms with E-state index in [-0.39, 0.29) is 12.0 Å². The lowest BCUT2D eigenvalue weighted by Gasteiger charge is -2.26. The quantitative estimate of drug-likeness (QED) is 0.840. The SMILES string of the molecule is CN(CC(=O)NCC1CCCC(O)C1)Cc1ccccc1. The van der Waals surface area contributed by atoms with Gasteiger partial charge in [0.05, 0.1) is 12.6 Å². The first-order valence-corrected chi connectivity index (χ1v) is 7.80. The molecule has 2 atom stereocenters. The first-order chi connectivity index (χ1) is 10.1. The molecule has 1 aliphatic carbocycles. The summed E-state index contributed by atoms with van der Waals surface area (Å²) >= 11 is 0. The average molecular weight is 290 g/mol. The Balaban J connectivity index is 1.66. The Kier molecular flexibility index (Phi) is 6.21. The molecule has 0 heterocycles. The van der Waals surface area contributed by atoms with Crippen molar-refractivity contribution in [2.75, 3.05) is 20.1 Å². The number of likely N-dealkylation sites (N-methyl/N-ethyl adjacent to an activating group) is 1. The molecule has 0 bridgehead atoms. The van der Waals surface area contributed by atoms with E-state index in [0.29, 0.717) is 19.0 Å². The van der Waals surface area contributed by atoms with Gasteiger partial charge >= 0.3 is 0 Å². The van der Waals surface area contributed by atoms with Gasteiger partial charge in [0.2, 0.25) is 5.91 Å². The highest BCUT2D eigenvalue weighted by molar-refractivity contribution is 5.77. The molecule has 4 heteroatoms. The van der Waals surface area contributed by atoms with Gasteiger partial charge in [0, 0.05) is 13.1 Å². The highest BCUT2D eigenvalue weighted by Gasteiger charge is 2.20. The molecule has 0 radical (unpaired) electrons. The van der Waals surface area contributed by atoms with Gasteiger partial charge < -0.3 is 10.4 Å². The van der Waals surface area contributed by atoms with Crippen molar-refractivity contribution < 1.29 is 9.90 Å². The Morgan fingerprint density at radius 2 is 2.10 bits per heavy atom. The van der Waals surface area contributed by atoms with Crippen LogP contribution in [0.15, 0.2) is 30.3 Å². The number of nitrogens with zero attached hydrogens (tertiary/aromatic N) is 1. The number of aliphatic hydroxyl groups excluding tert-OH is 1. The second-order valence-electron chi connectivity index (χ2n) is 6.15. The first kappa shape index (κ1) is 16.0. The van der Waals surface area contributed by atoms with Gasteiger partial charge in [0.25, 0.3) is 0 Å². The molecular formula is C17H26N2O2. The van der Waals surface area contributed by atoms with Crippen LogP contribution in [0, 0.1) is 5.92 Å². The highest BCUT2D eigenvalue weighted by atomic mass is 16.3. The zero-order chi connectivity index (χ0) is 15.1. The van der Waals surface area contributed by atoms with Gasteiger partial charge in [-0.1, -0.05) is 36.8 Å². The molecule has 1 amide bonds. The van der Waals surface area contributed by atoms with E-state index in [2.05, 4.69) is 17.4 Å². The van der Waals surface area contributed by atoms with Crippen LogP contribution in [0.4, 0.5) is 0 Å². The third-order valence-electron chi connectivity index (χ3n) is 4.05. The molecule has 2 N–H and O–H groups in total. The van der Waals surface area contributed by atoms with Gasteiger partial charge in [-0.15, -0.1) is 0 Å². The molecule has 0 spiro atoms. The van der Waals surface area contributed by atoms with Crippen LogP contribution in [0.2, 0.25) is 0 Å². The molecule has 21 heavy (non-hydrogen) atoms. The number of amides is 1. The number of nitrogens with one attached hydrogen (secondary N) is 1. The van der Waals surface area contributed by atoms with E-state index in [1.165, 1.54) is 5.56 Å². The van der Waals surface area contributed by atoms with Crippen molar-refractivity contribution in [1.29, 1.82) is 0 Å². The minimum Gasteiger partial charge on any atom is -0.393 e. The normalized spacial score (nSPS) is 22.2. The van der Waals surface area contributed by atoms with Crippen molar-refractivity contribution in [3.8, 4) is 0 Å². The molecule has 0 saturated heterocycles. The van der Waals surface area contributed by atoms with E-state index >= 15 is 0 Å². The van der Waals surface area contributed by atoms with Crippen molar-refractivity contribution in [1.82, 2.24) is 10.2 Å². The molecule has 1 saturated carbocycles. The lowest BCUT2D eigenvalue weighted by Crippen LogP contribution is -2.38. The molecule has 2 unspecified atom stereocenters. The van der Waals surface area contributed by atoms with E-state index in [0.717, 1.165) is 32.2 Å². The summed E-state index contributed by atoms with van der Waals surface area (Å²) in [6.45, 7) is 1.87. The first-order valence-electron chi connectivity index (χ1n) is 7.80. The van der Waals surface area contributed by atoms with Gasteiger partial charge in [0.1, 0.15) is 0 Å². The summed E-state index contributed by atoms with van der Waals surface area (Å²) in [6.07, 6.45) is 3.72. The highest BCUT2D eigenvalue weighted by Crippen LogP contribution is 2.23. The number of rotatable bonds is 6. The minimum absolute atomic E-state index is 0.0634. The van der Waals surface area contributed by atoms with E-state index < -0.39 is 0 Å². The number of carbonyl (C=O) groups excluding carboxylic acids is 1. The molecule has 1 aromatic carbocycles. The maximum atomic E-state index is 12.0. The second-order valence-corrected chi connectivity index (χ2v) is 6.15. The fourth-order valence-corrected chi connectivity index (χ4v) is 2.96. The maximum absolute atomic E-state index is 12.0. The van der Waals surface area contributed by atoms with Gasteiger partial charge in [-0.2, -0.15) is 0 Å². The molecule has 0 aromatic heterocycles. The average Bonchev–Trinajstić information content (AvgIpc) is 2.46. The molecule has 1 aliphatic rings. The summed E-state index contributed by atoms with van der Waals surface area (Å²) in [4.78, 5) is 14.0. The van der Waals surface area contributed by atoms with Crippen LogP contribution in [-0.4, -0.2) is 42.2 Å². The van der Waals surface area contributed by atoms with Crippen LogP contribution in [-0.2, 0) is 11.3 Å². The lowest BCUT2D eigenvalue weighted by atomic mass is 9.87. The predicted octanol–water partition coefficient (Wildman–Crippen LogP) is 1.79. The monoisotopic (exact) mass is 290 g/mol. The molecule has 1 aromatic rings. The van der Waals surface area contributed by atoms with Gasteiger partial charge in [-0.05, 0) is 37.8 Å². The number of benzene rings is 1. The molecular weight excluding hydrogens is 264 g/mol. The Hall–Kier alpha value is -1.39. The lowest BCUT2D eigenvalue weighted by molar-refractivity contribution is -0.122. The van der Waals surface area contributed by atoms with E-state index in [1.807, 2.05) is 30.1 Å². The summed E-state index contributed by atoms with van der Waals surface area (Å²) in [5.74, 6) is 0.491. The van der Waals surface area contributed by atoms with Crippen LogP contribution in [0.5, 0.6) is 0 Å². The number of hydrogen-bond donors (Lipinski definition) is 2. The number of hydrogen-bond acceptors (Lipinski definition) is 3. The Labute approximate surface area is 127 Å². The summed E-state index contributed by atoms with van der Waals surface area (Å²) in [5.41, 5.74) is 1.21. The number of aliphatic hydroxyl groups is 1. The standard InChI is InChI=1S/C17H26N2O2/c1-19(12-14-6-3-2-4-7-14)13-17(21)18-11-15-8-5-9-16(20)10-15/h2-4,6-7,15-16,20H,5,8-13H2,1H3,(H,18,21). The summed E-state index contributed by atoms with van der Waals surface area (Å²) < 4.78 is 0. The van der Waals surface area contributed by atoms with Crippen LogP contribution < -0.4 is 5.32 Å². The van der Waals surface area contributed by atoms with Gasteiger partial charge in [0.15, 0.2) is 0 Å². The molecule has 4 nitrogen and oxygen atoms in total. The van der Waals surface area contributed by atoms with Crippen LogP contribution >= 0.6 is 0 Å². The van der Waals surface area contributed by atoms with Crippen molar-refractivity contribution in [3.05, 3.63) is 35.9 Å². The van der Waals surface area contributed by atoms with Crippen LogP contribution in [0.3, 0.4) is 0 Å². The second kappa shape index (κ2) is 8.15. The Morgan fingerprint density at radius 1 is 1.33 bits per heavy atom. The van der Waals surface area contributed by atoms with Gasteiger partial charge in [-0.3, -0.25) is 9.69 Å². The molecule has 0 aliphatic heterocycles. The fraction of sp³-hybridized carbons (Fsp3) is 0.588. The van der Waals surface area contributed by atoms with Crippen molar-refractivity contribution in [2.45, 2.75) is 38.3 Å². The topological polar surface area (TPSA) is 52.6 Å². The summed E-state index contributed by atoms with van der Waals surface area (Å²) in [5, 5.41) is 12.6. The van der Waals surface area contributed by atoms with Crippen LogP contribution in [0.25, 0.3) is 0 Å². The Morgan fingerprint density at radius 3 is 2.81 bits per heavy atom. The molecule has 1 fully saturated rings. The maximum Gasteiger partial charge on any atom is 0.234 e. The summed E-state index contributed by atoms with van der Waals surface area (Å²) in [7, 11) is 1.96. The number of carbonyl (C=O) groups is 1. The fourth-order valence-electron chi connectivity index (χ4n) is 2.96. The van der Waals surface area contributed by atoms with Crippen LogP contribution in [0.1, 0.15) is 31.2 Å². The van der Waals surface area contributed by atoms with E-state index in [9.17, 15) is 9.90 Å². The third-order valence-corrected chi connectivity index (χ3v) is 4.05. The molecule has 2 rings (SSSR count). The van der Waals surface area contributed by atoms with E-state index in [4.69, 9.17) is 0 Å². The smallest absolute Gasteiger partial charge is 0.234 e. The predicted molar refractivity (Wildman–Crippen MR) is 83.8 cm³/mol. The van der Waals surface area contributed by atoms with Crippen molar-refractivity contribution >= 4 is 5.91 Å². The molecule has 116 valence electrons. The van der Waals surface area contributed by atoms with E-state index in [1.54, 1.807) is 0 Å². The third kappa shape index (κ3) is 5.86. The largest absolute Gasteiger partial charge is 0.393 e.